The Morgan fingerprint density at radius 1 is 0.357 bits per heavy atom. The Balaban J connectivity index is 2.14. The van der Waals surface area contributed by atoms with E-state index in [9.17, 15) is 9.59 Å². The third-order valence-electron chi connectivity index (χ3n) is 5.58. The molecule has 1 rings (SSSR count). The van der Waals surface area contributed by atoms with E-state index in [4.69, 9.17) is 9.47 Å². The van der Waals surface area contributed by atoms with E-state index in [1.807, 2.05) is 0 Å². The summed E-state index contributed by atoms with van der Waals surface area (Å²) in [6, 6.07) is 0. The van der Waals surface area contributed by atoms with Crippen molar-refractivity contribution in [3.63, 3.8) is 0 Å². The van der Waals surface area contributed by atoms with Gasteiger partial charge in [0.1, 0.15) is 0 Å². The summed E-state index contributed by atoms with van der Waals surface area (Å²) in [5.74, 6) is -0.0401. The van der Waals surface area contributed by atoms with Crippen LogP contribution < -0.4 is 0 Å². The fourth-order valence-corrected chi connectivity index (χ4v) is 3.73. The van der Waals surface area contributed by atoms with Crippen LogP contribution in [0, 0.1) is 0 Å². The topological polar surface area (TPSA) is 52.6 Å². The molecular weight excluding hydrogens is 352 g/mol. The van der Waals surface area contributed by atoms with Gasteiger partial charge < -0.3 is 9.47 Å². The predicted octanol–water partition coefficient (Wildman–Crippen LogP) is 6.89. The minimum Gasteiger partial charge on any atom is -0.466 e. The molecule has 0 unspecified atom stereocenters. The van der Waals surface area contributed by atoms with Crippen LogP contribution >= 0.6 is 0 Å². The first-order valence-electron chi connectivity index (χ1n) is 12.1. The molecule has 0 N–H and O–H groups in total. The zero-order valence-corrected chi connectivity index (χ0v) is 18.2. The molecule has 0 saturated carbocycles. The van der Waals surface area contributed by atoms with E-state index >= 15 is 0 Å². The van der Waals surface area contributed by atoms with Gasteiger partial charge in [-0.15, -0.1) is 0 Å². The Labute approximate surface area is 173 Å². The highest BCUT2D eigenvalue weighted by atomic mass is 16.5. The van der Waals surface area contributed by atoms with Crippen LogP contribution in [0.2, 0.25) is 0 Å². The summed E-state index contributed by atoms with van der Waals surface area (Å²) >= 11 is 0. The van der Waals surface area contributed by atoms with Crippen LogP contribution in [0.5, 0.6) is 0 Å². The smallest absolute Gasteiger partial charge is 0.305 e. The van der Waals surface area contributed by atoms with Crippen molar-refractivity contribution in [2.24, 2.45) is 0 Å². The summed E-state index contributed by atoms with van der Waals surface area (Å²) in [5, 5.41) is 0. The van der Waals surface area contributed by atoms with Gasteiger partial charge in [-0.1, -0.05) is 89.9 Å². The highest BCUT2D eigenvalue weighted by molar-refractivity contribution is 5.69. The average Bonchev–Trinajstić information content (AvgIpc) is 2.69. The third kappa shape index (κ3) is 17.1. The maximum Gasteiger partial charge on any atom is 0.305 e. The molecule has 1 aliphatic rings. The van der Waals surface area contributed by atoms with Crippen LogP contribution in [0.25, 0.3) is 0 Å². The van der Waals surface area contributed by atoms with Gasteiger partial charge in [-0.2, -0.15) is 0 Å². The maximum absolute atomic E-state index is 11.7. The van der Waals surface area contributed by atoms with Crippen LogP contribution in [0.15, 0.2) is 0 Å². The van der Waals surface area contributed by atoms with Crippen LogP contribution in [0.4, 0.5) is 0 Å². The maximum atomic E-state index is 11.7. The molecule has 1 fully saturated rings. The van der Waals surface area contributed by atoms with Crippen molar-refractivity contribution in [1.29, 1.82) is 0 Å². The SMILES string of the molecule is O=C1CCCCCCCCCCC(=O)OCCCCCCCCCCCCO1. The quantitative estimate of drug-likeness (QED) is 0.418. The van der Waals surface area contributed by atoms with Gasteiger partial charge in [-0.3, -0.25) is 9.59 Å². The standard InChI is InChI=1S/C24H44O4/c25-23-19-15-11-7-3-4-8-12-16-20-24(26)28-22-18-14-10-6-2-1-5-9-13-17-21-27-23/h1-22H2. The minimum absolute atomic E-state index is 0.0201. The van der Waals surface area contributed by atoms with Crippen LogP contribution in [0.1, 0.15) is 128 Å². The van der Waals surface area contributed by atoms with Crippen molar-refractivity contribution >= 4 is 11.9 Å². The second-order valence-corrected chi connectivity index (χ2v) is 8.30. The Morgan fingerprint density at radius 3 is 0.929 bits per heavy atom. The van der Waals surface area contributed by atoms with E-state index in [0.717, 1.165) is 38.5 Å². The monoisotopic (exact) mass is 396 g/mol. The molecule has 28 heavy (non-hydrogen) atoms. The zero-order valence-electron chi connectivity index (χ0n) is 18.2. The molecule has 1 saturated heterocycles. The Hall–Kier alpha value is -1.06. The fraction of sp³-hybridized carbons (Fsp3) is 0.917. The van der Waals surface area contributed by atoms with Crippen LogP contribution in [-0.4, -0.2) is 25.2 Å². The van der Waals surface area contributed by atoms with Crippen LogP contribution in [0.3, 0.4) is 0 Å². The molecule has 0 atom stereocenters. The summed E-state index contributed by atoms with van der Waals surface area (Å²) < 4.78 is 10.7. The molecule has 1 aliphatic heterocycles. The Morgan fingerprint density at radius 2 is 0.607 bits per heavy atom. The number of ether oxygens (including phenoxy) is 2. The van der Waals surface area contributed by atoms with Gasteiger partial charge in [0.05, 0.1) is 13.2 Å². The molecule has 0 aromatic rings. The van der Waals surface area contributed by atoms with Gasteiger partial charge >= 0.3 is 11.9 Å². The molecule has 0 aliphatic carbocycles. The summed E-state index contributed by atoms with van der Waals surface area (Å²) in [6.45, 7) is 1.20. The molecule has 0 amide bonds. The highest BCUT2D eigenvalue weighted by Crippen LogP contribution is 2.13. The molecule has 164 valence electrons. The minimum atomic E-state index is -0.0201. The molecule has 0 bridgehead atoms. The van der Waals surface area contributed by atoms with E-state index < -0.39 is 0 Å². The molecule has 0 aromatic heterocycles. The van der Waals surface area contributed by atoms with Gasteiger partial charge in [-0.25, -0.2) is 0 Å². The third-order valence-corrected chi connectivity index (χ3v) is 5.58. The lowest BCUT2D eigenvalue weighted by Gasteiger charge is -2.07. The van der Waals surface area contributed by atoms with E-state index in [-0.39, 0.29) is 11.9 Å². The van der Waals surface area contributed by atoms with Gasteiger partial charge in [0.2, 0.25) is 0 Å². The second kappa shape index (κ2) is 19.3. The van der Waals surface area contributed by atoms with Gasteiger partial charge in [-0.05, 0) is 25.7 Å². The summed E-state index contributed by atoms with van der Waals surface area (Å²) in [5.41, 5.74) is 0. The molecule has 4 nitrogen and oxygen atoms in total. The number of hydrogen-bond acceptors (Lipinski definition) is 4. The molecule has 4 heteroatoms. The number of esters is 2. The van der Waals surface area contributed by atoms with Crippen molar-refractivity contribution in [1.82, 2.24) is 0 Å². The lowest BCUT2D eigenvalue weighted by molar-refractivity contribution is -0.144. The lowest BCUT2D eigenvalue weighted by atomic mass is 10.1. The van der Waals surface area contributed by atoms with Gasteiger partial charge in [0.15, 0.2) is 0 Å². The van der Waals surface area contributed by atoms with Crippen molar-refractivity contribution in [2.45, 2.75) is 128 Å². The molecule has 0 spiro atoms. The molecule has 0 radical (unpaired) electrons. The van der Waals surface area contributed by atoms with Crippen molar-refractivity contribution in [2.75, 3.05) is 13.2 Å². The predicted molar refractivity (Wildman–Crippen MR) is 114 cm³/mol. The first-order valence-corrected chi connectivity index (χ1v) is 12.1. The first-order chi connectivity index (χ1) is 13.8. The second-order valence-electron chi connectivity index (χ2n) is 8.30. The van der Waals surface area contributed by atoms with Crippen molar-refractivity contribution in [3.05, 3.63) is 0 Å². The summed E-state index contributed by atoms with van der Waals surface area (Å²) in [6.07, 6.45) is 22.1. The zero-order chi connectivity index (χ0) is 20.1. The average molecular weight is 397 g/mol. The van der Waals surface area contributed by atoms with Crippen molar-refractivity contribution in [3.8, 4) is 0 Å². The number of rotatable bonds is 0. The van der Waals surface area contributed by atoms with Crippen LogP contribution in [-0.2, 0) is 19.1 Å². The van der Waals surface area contributed by atoms with Crippen molar-refractivity contribution < 1.29 is 19.1 Å². The van der Waals surface area contributed by atoms with Gasteiger partial charge in [0, 0.05) is 12.8 Å². The molecule has 0 aromatic carbocycles. The highest BCUT2D eigenvalue weighted by Gasteiger charge is 2.04. The normalized spacial score (nSPS) is 22.7. The Bertz CT molecular complexity index is 345. The first kappa shape index (κ1) is 25.0. The van der Waals surface area contributed by atoms with E-state index in [2.05, 4.69) is 0 Å². The van der Waals surface area contributed by atoms with E-state index in [0.29, 0.717) is 26.1 Å². The van der Waals surface area contributed by atoms with Gasteiger partial charge in [0.25, 0.3) is 0 Å². The largest absolute Gasteiger partial charge is 0.466 e. The number of hydrogen-bond donors (Lipinski definition) is 0. The summed E-state index contributed by atoms with van der Waals surface area (Å²) in [7, 11) is 0. The Kier molecular flexibility index (Phi) is 17.2. The lowest BCUT2D eigenvalue weighted by Crippen LogP contribution is -2.05. The molecular formula is C24H44O4. The van der Waals surface area contributed by atoms with E-state index in [1.165, 1.54) is 77.0 Å². The number of carbonyl (C=O) groups excluding carboxylic acids is 2. The fourth-order valence-electron chi connectivity index (χ4n) is 3.73. The van der Waals surface area contributed by atoms with E-state index in [1.54, 1.807) is 0 Å². The number of cyclic esters (lactones) is 2. The summed E-state index contributed by atoms with van der Waals surface area (Å²) in [4.78, 5) is 23.4. The molecule has 1 heterocycles. The number of carbonyl (C=O) groups is 2.